The van der Waals surface area contributed by atoms with Crippen molar-refractivity contribution < 1.29 is 10.2 Å². The Hall–Kier alpha value is -2.27. The highest BCUT2D eigenvalue weighted by atomic mass is 32.1. The second kappa shape index (κ2) is 3.89. The van der Waals surface area contributed by atoms with Gasteiger partial charge >= 0.3 is 0 Å². The van der Waals surface area contributed by atoms with Gasteiger partial charge in [-0.15, -0.1) is 11.3 Å². The largest absolute Gasteiger partial charge is 0.508 e. The van der Waals surface area contributed by atoms with Crippen molar-refractivity contribution in [3.8, 4) is 22.1 Å². The van der Waals surface area contributed by atoms with Gasteiger partial charge in [0.1, 0.15) is 16.5 Å². The van der Waals surface area contributed by atoms with Crippen LogP contribution < -0.4 is 5.73 Å². The van der Waals surface area contributed by atoms with E-state index < -0.39 is 0 Å². The van der Waals surface area contributed by atoms with E-state index in [1.165, 1.54) is 17.4 Å². The van der Waals surface area contributed by atoms with Crippen LogP contribution in [0.5, 0.6) is 11.5 Å². The molecular formula is C13H10N2O2S. The fourth-order valence-electron chi connectivity index (χ4n) is 1.76. The molecule has 1 heterocycles. The zero-order valence-corrected chi connectivity index (χ0v) is 10.1. The van der Waals surface area contributed by atoms with Crippen LogP contribution in [0, 0.1) is 0 Å². The van der Waals surface area contributed by atoms with Gasteiger partial charge in [0.25, 0.3) is 0 Å². The minimum atomic E-state index is 0.110. The Bertz CT molecular complexity index is 737. The van der Waals surface area contributed by atoms with Gasteiger partial charge in [-0.2, -0.15) is 0 Å². The van der Waals surface area contributed by atoms with Crippen LogP contribution >= 0.6 is 11.3 Å². The van der Waals surface area contributed by atoms with Crippen molar-refractivity contribution in [1.29, 1.82) is 0 Å². The van der Waals surface area contributed by atoms with E-state index in [4.69, 9.17) is 5.73 Å². The summed E-state index contributed by atoms with van der Waals surface area (Å²) in [6, 6.07) is 9.96. The number of rotatable bonds is 1. The lowest BCUT2D eigenvalue weighted by Gasteiger charge is -2.01. The van der Waals surface area contributed by atoms with Gasteiger partial charge in [-0.1, -0.05) is 0 Å². The first-order valence-corrected chi connectivity index (χ1v) is 6.13. The second-order valence-electron chi connectivity index (χ2n) is 3.95. The lowest BCUT2D eigenvalue weighted by molar-refractivity contribution is 0.476. The summed E-state index contributed by atoms with van der Waals surface area (Å²) in [5, 5.41) is 20.0. The molecule has 3 aromatic rings. The van der Waals surface area contributed by atoms with Gasteiger partial charge in [-0.05, 0) is 30.3 Å². The minimum Gasteiger partial charge on any atom is -0.508 e. The topological polar surface area (TPSA) is 79.4 Å². The van der Waals surface area contributed by atoms with Gasteiger partial charge in [0, 0.05) is 11.8 Å². The zero-order valence-electron chi connectivity index (χ0n) is 9.29. The fraction of sp³-hybridized carbons (Fsp3) is 0. The highest BCUT2D eigenvalue weighted by Gasteiger charge is 2.10. The van der Waals surface area contributed by atoms with Crippen LogP contribution in [-0.2, 0) is 0 Å². The number of benzene rings is 2. The number of aromatic hydroxyl groups is 2. The standard InChI is InChI=1S/C13H10N2O2S/c14-7-1-3-9(11(17)5-7)13-15-10-4-2-8(16)6-12(10)18-13/h1-6,16-17H,14H2. The van der Waals surface area contributed by atoms with E-state index in [0.29, 0.717) is 16.3 Å². The number of aromatic nitrogens is 1. The molecule has 0 amide bonds. The molecule has 0 spiro atoms. The molecule has 0 unspecified atom stereocenters. The third-order valence-corrected chi connectivity index (χ3v) is 3.68. The maximum atomic E-state index is 9.86. The van der Waals surface area contributed by atoms with Crippen molar-refractivity contribution in [3.63, 3.8) is 0 Å². The molecular weight excluding hydrogens is 248 g/mol. The van der Waals surface area contributed by atoms with E-state index in [2.05, 4.69) is 4.98 Å². The predicted octanol–water partition coefficient (Wildman–Crippen LogP) is 2.96. The Balaban J connectivity index is 2.19. The van der Waals surface area contributed by atoms with Crippen LogP contribution in [-0.4, -0.2) is 15.2 Å². The summed E-state index contributed by atoms with van der Waals surface area (Å²) in [5.74, 6) is 0.317. The number of hydrogen-bond donors (Lipinski definition) is 3. The van der Waals surface area contributed by atoms with Gasteiger partial charge in [0.15, 0.2) is 0 Å². The van der Waals surface area contributed by atoms with Crippen molar-refractivity contribution in [3.05, 3.63) is 36.4 Å². The maximum absolute atomic E-state index is 9.86. The third kappa shape index (κ3) is 1.74. The molecule has 4 nitrogen and oxygen atoms in total. The van der Waals surface area contributed by atoms with Crippen molar-refractivity contribution in [2.24, 2.45) is 0 Å². The van der Waals surface area contributed by atoms with Gasteiger partial charge < -0.3 is 15.9 Å². The van der Waals surface area contributed by atoms with Gasteiger partial charge in [-0.25, -0.2) is 4.98 Å². The molecule has 3 rings (SSSR count). The van der Waals surface area contributed by atoms with E-state index in [0.717, 1.165) is 10.2 Å². The van der Waals surface area contributed by atoms with Crippen LogP contribution in [0.4, 0.5) is 5.69 Å². The number of anilines is 1. The summed E-state index contributed by atoms with van der Waals surface area (Å²) in [6.45, 7) is 0. The van der Waals surface area contributed by atoms with Crippen LogP contribution in [0.2, 0.25) is 0 Å². The molecule has 4 N–H and O–H groups in total. The SMILES string of the molecule is Nc1ccc(-c2nc3ccc(O)cc3s2)c(O)c1. The molecule has 0 fully saturated rings. The highest BCUT2D eigenvalue weighted by Crippen LogP contribution is 2.36. The smallest absolute Gasteiger partial charge is 0.128 e. The molecule has 0 saturated heterocycles. The molecule has 0 saturated carbocycles. The monoisotopic (exact) mass is 258 g/mol. The average Bonchev–Trinajstić information content (AvgIpc) is 2.71. The number of phenols is 2. The molecule has 0 radical (unpaired) electrons. The molecule has 1 aromatic heterocycles. The van der Waals surface area contributed by atoms with E-state index in [9.17, 15) is 10.2 Å². The number of fused-ring (bicyclic) bond motifs is 1. The zero-order chi connectivity index (χ0) is 12.7. The number of phenolic OH excluding ortho intramolecular Hbond substituents is 2. The average molecular weight is 258 g/mol. The summed E-state index contributed by atoms with van der Waals surface area (Å²) in [6.07, 6.45) is 0. The first-order valence-electron chi connectivity index (χ1n) is 5.32. The van der Waals surface area contributed by atoms with Gasteiger partial charge in [0.2, 0.25) is 0 Å². The summed E-state index contributed by atoms with van der Waals surface area (Å²) in [4.78, 5) is 4.42. The molecule has 0 bridgehead atoms. The number of nitrogens with zero attached hydrogens (tertiary/aromatic N) is 1. The summed E-state index contributed by atoms with van der Waals surface area (Å²) < 4.78 is 0.876. The van der Waals surface area contributed by atoms with E-state index >= 15 is 0 Å². The predicted molar refractivity (Wildman–Crippen MR) is 72.8 cm³/mol. The van der Waals surface area contributed by atoms with E-state index in [-0.39, 0.29) is 11.5 Å². The third-order valence-electron chi connectivity index (χ3n) is 2.62. The molecule has 2 aromatic carbocycles. The quantitative estimate of drug-likeness (QED) is 0.586. The molecule has 0 aliphatic heterocycles. The Morgan fingerprint density at radius 1 is 1.06 bits per heavy atom. The molecule has 90 valence electrons. The number of nitrogens with two attached hydrogens (primary N) is 1. The normalized spacial score (nSPS) is 10.9. The van der Waals surface area contributed by atoms with E-state index in [1.807, 2.05) is 0 Å². The Morgan fingerprint density at radius 2 is 1.89 bits per heavy atom. The molecule has 0 aliphatic carbocycles. The molecule has 5 heteroatoms. The van der Waals surface area contributed by atoms with Gasteiger partial charge in [0.05, 0.1) is 15.8 Å². The first-order chi connectivity index (χ1) is 8.63. The Morgan fingerprint density at radius 3 is 2.67 bits per heavy atom. The van der Waals surface area contributed by atoms with Gasteiger partial charge in [-0.3, -0.25) is 0 Å². The lowest BCUT2D eigenvalue weighted by atomic mass is 10.2. The fourth-order valence-corrected chi connectivity index (χ4v) is 2.79. The van der Waals surface area contributed by atoms with Crippen molar-refractivity contribution in [1.82, 2.24) is 4.98 Å². The number of nitrogen functional groups attached to an aromatic ring is 1. The molecule has 18 heavy (non-hydrogen) atoms. The maximum Gasteiger partial charge on any atom is 0.128 e. The van der Waals surface area contributed by atoms with Crippen molar-refractivity contribution in [2.75, 3.05) is 5.73 Å². The minimum absolute atomic E-state index is 0.110. The molecule has 0 atom stereocenters. The summed E-state index contributed by atoms with van der Waals surface area (Å²) in [5.41, 5.74) is 7.54. The van der Waals surface area contributed by atoms with Crippen molar-refractivity contribution >= 4 is 27.2 Å². The van der Waals surface area contributed by atoms with Crippen LogP contribution in [0.3, 0.4) is 0 Å². The van der Waals surface area contributed by atoms with Crippen molar-refractivity contribution in [2.45, 2.75) is 0 Å². The van der Waals surface area contributed by atoms with E-state index in [1.54, 1.807) is 30.3 Å². The van der Waals surface area contributed by atoms with Crippen LogP contribution in [0.1, 0.15) is 0 Å². The summed E-state index contributed by atoms with van der Waals surface area (Å²) in [7, 11) is 0. The van der Waals surface area contributed by atoms with Crippen LogP contribution in [0.25, 0.3) is 20.8 Å². The van der Waals surface area contributed by atoms with Crippen LogP contribution in [0.15, 0.2) is 36.4 Å². The number of thiazole rings is 1. The Kier molecular flexibility index (Phi) is 2.34. The second-order valence-corrected chi connectivity index (χ2v) is 4.98. The summed E-state index contributed by atoms with van der Waals surface area (Å²) >= 11 is 1.41. The lowest BCUT2D eigenvalue weighted by Crippen LogP contribution is -1.84. The number of hydrogen-bond acceptors (Lipinski definition) is 5. The first kappa shape index (κ1) is 10.9. The highest BCUT2D eigenvalue weighted by molar-refractivity contribution is 7.21. The molecule has 0 aliphatic rings. The Labute approximate surface area is 107 Å².